The molecule has 2 amide bonds. The highest BCUT2D eigenvalue weighted by Crippen LogP contribution is 2.49. The van der Waals surface area contributed by atoms with E-state index in [-0.39, 0.29) is 33.8 Å². The monoisotopic (exact) mass is 606 g/mol. The van der Waals surface area contributed by atoms with Gasteiger partial charge in [-0.15, -0.1) is 0 Å². The molecule has 0 radical (unpaired) electrons. The van der Waals surface area contributed by atoms with Gasteiger partial charge < -0.3 is 19.8 Å². The zero-order chi connectivity index (χ0) is 32.1. The largest absolute Gasteiger partial charge is 0.455 e. The molecular formula is C36H35FN4O4. The minimum absolute atomic E-state index is 0.0851. The molecule has 1 aliphatic carbocycles. The van der Waals surface area contributed by atoms with Gasteiger partial charge in [0.15, 0.2) is 5.82 Å². The SMILES string of the molecule is CNC(=O)c1c(-c2ccc(C)cc2)oc2ccc(-c3cc(C(=O)NC4(c5ncccn5)CC(C)(OC)C4)c(C)cc3C)c(F)c12. The van der Waals surface area contributed by atoms with Crippen LogP contribution in [0.25, 0.3) is 33.4 Å². The van der Waals surface area contributed by atoms with Crippen molar-refractivity contribution in [2.45, 2.75) is 51.7 Å². The maximum absolute atomic E-state index is 16.6. The van der Waals surface area contributed by atoms with E-state index < -0.39 is 22.9 Å². The number of aryl methyl sites for hydroxylation is 3. The van der Waals surface area contributed by atoms with Crippen molar-refractivity contribution in [1.29, 1.82) is 0 Å². The van der Waals surface area contributed by atoms with Gasteiger partial charge in [-0.3, -0.25) is 9.59 Å². The fourth-order valence-corrected chi connectivity index (χ4v) is 6.50. The van der Waals surface area contributed by atoms with Crippen molar-refractivity contribution in [1.82, 2.24) is 20.6 Å². The van der Waals surface area contributed by atoms with Gasteiger partial charge in [0, 0.05) is 56.1 Å². The van der Waals surface area contributed by atoms with Crippen LogP contribution in [0.15, 0.2) is 71.4 Å². The van der Waals surface area contributed by atoms with E-state index in [4.69, 9.17) is 9.15 Å². The summed E-state index contributed by atoms with van der Waals surface area (Å²) >= 11 is 0. The van der Waals surface area contributed by atoms with Crippen molar-refractivity contribution in [2.24, 2.45) is 0 Å². The standard InChI is InChI=1S/C36H35FN4O4/c1-20-8-10-23(11-9-20)31-29(33(43)38-5)28-27(45-31)13-12-24(30(28)37)25-17-26(22(3)16-21(25)2)32(42)41-36(18-35(4,19-36)44-6)34-39-14-7-15-40-34/h7-17H,18-19H2,1-6H3,(H,38,43)(H,41,42). The molecule has 3 aromatic carbocycles. The number of hydrogen-bond acceptors (Lipinski definition) is 6. The molecule has 6 rings (SSSR count). The van der Waals surface area contributed by atoms with Crippen LogP contribution >= 0.6 is 0 Å². The smallest absolute Gasteiger partial charge is 0.255 e. The molecular weight excluding hydrogens is 571 g/mol. The first-order valence-electron chi connectivity index (χ1n) is 14.8. The highest BCUT2D eigenvalue weighted by Gasteiger charge is 2.56. The van der Waals surface area contributed by atoms with Gasteiger partial charge in [-0.1, -0.05) is 35.9 Å². The number of carbonyl (C=O) groups excluding carboxylic acids is 2. The Bertz CT molecular complexity index is 1940. The van der Waals surface area contributed by atoms with Crippen molar-refractivity contribution >= 4 is 22.8 Å². The Morgan fingerprint density at radius 1 is 0.933 bits per heavy atom. The number of rotatable bonds is 7. The fourth-order valence-electron chi connectivity index (χ4n) is 6.50. The van der Waals surface area contributed by atoms with Gasteiger partial charge >= 0.3 is 0 Å². The minimum Gasteiger partial charge on any atom is -0.455 e. The van der Waals surface area contributed by atoms with Crippen LogP contribution in [0.2, 0.25) is 0 Å². The molecule has 0 bridgehead atoms. The van der Waals surface area contributed by atoms with Crippen molar-refractivity contribution in [3.8, 4) is 22.5 Å². The molecule has 9 heteroatoms. The molecule has 5 aromatic rings. The summed E-state index contributed by atoms with van der Waals surface area (Å²) in [6.07, 6.45) is 4.31. The number of halogens is 1. The Morgan fingerprint density at radius 2 is 1.62 bits per heavy atom. The lowest BCUT2D eigenvalue weighted by atomic mass is 9.64. The van der Waals surface area contributed by atoms with Gasteiger partial charge in [-0.2, -0.15) is 0 Å². The Hall–Kier alpha value is -4.89. The minimum atomic E-state index is -0.809. The van der Waals surface area contributed by atoms with Gasteiger partial charge in [0.1, 0.15) is 22.7 Å². The van der Waals surface area contributed by atoms with Crippen LogP contribution < -0.4 is 10.6 Å². The summed E-state index contributed by atoms with van der Waals surface area (Å²) < 4.78 is 28.4. The van der Waals surface area contributed by atoms with Gasteiger partial charge in [0.05, 0.1) is 16.6 Å². The average Bonchev–Trinajstić information content (AvgIpc) is 3.41. The van der Waals surface area contributed by atoms with Gasteiger partial charge in [-0.05, 0) is 68.7 Å². The van der Waals surface area contributed by atoms with Crippen LogP contribution in [0.3, 0.4) is 0 Å². The number of nitrogens with one attached hydrogen (secondary N) is 2. The number of methoxy groups -OCH3 is 1. The fraction of sp³-hybridized carbons (Fsp3) is 0.278. The normalized spacial score (nSPS) is 19.3. The lowest BCUT2D eigenvalue weighted by molar-refractivity contribution is -0.116. The van der Waals surface area contributed by atoms with E-state index >= 15 is 4.39 Å². The first kappa shape index (κ1) is 30.1. The van der Waals surface area contributed by atoms with E-state index in [0.717, 1.165) is 16.7 Å². The van der Waals surface area contributed by atoms with Crippen molar-refractivity contribution in [3.63, 3.8) is 0 Å². The lowest BCUT2D eigenvalue weighted by Crippen LogP contribution is -2.63. The van der Waals surface area contributed by atoms with Crippen molar-refractivity contribution < 1.29 is 23.1 Å². The highest BCUT2D eigenvalue weighted by atomic mass is 19.1. The van der Waals surface area contributed by atoms with Crippen LogP contribution in [-0.2, 0) is 10.3 Å². The quantitative estimate of drug-likeness (QED) is 0.211. The third-order valence-electron chi connectivity index (χ3n) is 8.86. The first-order valence-corrected chi connectivity index (χ1v) is 14.8. The second-order valence-electron chi connectivity index (χ2n) is 12.1. The van der Waals surface area contributed by atoms with E-state index in [1.165, 1.54) is 7.05 Å². The molecule has 0 saturated heterocycles. The molecule has 0 spiro atoms. The summed E-state index contributed by atoms with van der Waals surface area (Å²) in [6.45, 7) is 7.67. The number of fused-ring (bicyclic) bond motifs is 1. The molecule has 230 valence electrons. The Balaban J connectivity index is 1.44. The van der Waals surface area contributed by atoms with Crippen molar-refractivity contribution in [2.75, 3.05) is 14.2 Å². The van der Waals surface area contributed by atoms with Crippen LogP contribution in [0.4, 0.5) is 4.39 Å². The first-order chi connectivity index (χ1) is 21.5. The maximum Gasteiger partial charge on any atom is 0.255 e. The number of benzene rings is 3. The summed E-state index contributed by atoms with van der Waals surface area (Å²) in [7, 11) is 3.15. The second kappa shape index (κ2) is 11.2. The molecule has 0 unspecified atom stereocenters. The van der Waals surface area contributed by atoms with Crippen LogP contribution in [-0.4, -0.2) is 41.5 Å². The van der Waals surface area contributed by atoms with E-state index in [0.29, 0.717) is 35.4 Å². The predicted molar refractivity (Wildman–Crippen MR) is 170 cm³/mol. The third-order valence-corrected chi connectivity index (χ3v) is 8.86. The number of ether oxygens (including phenoxy) is 1. The van der Waals surface area contributed by atoms with Crippen LogP contribution in [0.5, 0.6) is 0 Å². The second-order valence-corrected chi connectivity index (χ2v) is 12.1. The van der Waals surface area contributed by atoms with E-state index in [1.54, 1.807) is 43.8 Å². The van der Waals surface area contributed by atoms with E-state index in [1.807, 2.05) is 58.0 Å². The number of nitrogens with zero attached hydrogens (tertiary/aromatic N) is 2. The van der Waals surface area contributed by atoms with Gasteiger partial charge in [-0.25, -0.2) is 14.4 Å². The summed E-state index contributed by atoms with van der Waals surface area (Å²) in [5.41, 5.74) is 3.56. The molecule has 1 fully saturated rings. The molecule has 1 aliphatic rings. The molecule has 2 aromatic heterocycles. The van der Waals surface area contributed by atoms with Crippen LogP contribution in [0, 0.1) is 26.6 Å². The number of furan rings is 1. The molecule has 2 heterocycles. The maximum atomic E-state index is 16.6. The summed E-state index contributed by atoms with van der Waals surface area (Å²) in [5.74, 6) is -0.580. The lowest BCUT2D eigenvalue weighted by Gasteiger charge is -2.52. The van der Waals surface area contributed by atoms with E-state index in [9.17, 15) is 9.59 Å². The number of hydrogen-bond donors (Lipinski definition) is 2. The summed E-state index contributed by atoms with van der Waals surface area (Å²) in [4.78, 5) is 36.0. The molecule has 1 saturated carbocycles. The highest BCUT2D eigenvalue weighted by molar-refractivity contribution is 6.12. The average molecular weight is 607 g/mol. The predicted octanol–water partition coefficient (Wildman–Crippen LogP) is 6.80. The zero-order valence-electron chi connectivity index (χ0n) is 26.2. The number of aromatic nitrogens is 2. The van der Waals surface area contributed by atoms with Gasteiger partial charge in [0.25, 0.3) is 11.8 Å². The molecule has 8 nitrogen and oxygen atoms in total. The Kier molecular flexibility index (Phi) is 7.53. The van der Waals surface area contributed by atoms with Crippen molar-refractivity contribution in [3.05, 3.63) is 106 Å². The van der Waals surface area contributed by atoms with Crippen LogP contribution in [0.1, 0.15) is 63.0 Å². The number of amides is 2. The van der Waals surface area contributed by atoms with E-state index in [2.05, 4.69) is 20.6 Å². The topological polar surface area (TPSA) is 106 Å². The van der Waals surface area contributed by atoms with Gasteiger partial charge in [0.2, 0.25) is 0 Å². The zero-order valence-corrected chi connectivity index (χ0v) is 26.2. The molecule has 45 heavy (non-hydrogen) atoms. The molecule has 0 atom stereocenters. The Labute approximate surface area is 261 Å². The third kappa shape index (κ3) is 5.17. The summed E-state index contributed by atoms with van der Waals surface area (Å²) in [5, 5.41) is 5.90. The number of carbonyl (C=O) groups is 2. The molecule has 2 N–H and O–H groups in total. The Morgan fingerprint density at radius 3 is 2.27 bits per heavy atom. The molecule has 0 aliphatic heterocycles. The summed E-state index contributed by atoms with van der Waals surface area (Å²) in [6, 6.07) is 16.1.